The Balaban J connectivity index is 1.64. The van der Waals surface area contributed by atoms with Crippen LogP contribution >= 0.6 is 0 Å². The van der Waals surface area contributed by atoms with Gasteiger partial charge in [-0.1, -0.05) is 0 Å². The second-order valence-electron chi connectivity index (χ2n) is 6.45. The quantitative estimate of drug-likeness (QED) is 0.710. The maximum Gasteiger partial charge on any atom is 0.290 e. The number of aromatic nitrogens is 2. The zero-order valence-corrected chi connectivity index (χ0v) is 14.2. The van der Waals surface area contributed by atoms with Crippen LogP contribution in [0, 0.1) is 0 Å². The molecule has 3 aromatic rings. The van der Waals surface area contributed by atoms with Crippen LogP contribution in [0.2, 0.25) is 0 Å². The highest BCUT2D eigenvalue weighted by Gasteiger charge is 2.36. The molecule has 0 aliphatic carbocycles. The Kier molecular flexibility index (Phi) is 3.28. The van der Waals surface area contributed by atoms with E-state index in [0.29, 0.717) is 18.1 Å². The van der Waals surface area contributed by atoms with E-state index in [1.165, 1.54) is 6.26 Å². The van der Waals surface area contributed by atoms with Gasteiger partial charge in [0.1, 0.15) is 6.04 Å². The highest BCUT2D eigenvalue weighted by atomic mass is 16.7. The molecule has 26 heavy (non-hydrogen) atoms. The summed E-state index contributed by atoms with van der Waals surface area (Å²) in [5.41, 5.74) is 2.97. The van der Waals surface area contributed by atoms with Gasteiger partial charge in [-0.2, -0.15) is 5.10 Å². The summed E-state index contributed by atoms with van der Waals surface area (Å²) in [5, 5.41) is 4.56. The molecule has 0 radical (unpaired) electrons. The summed E-state index contributed by atoms with van der Waals surface area (Å²) in [4.78, 5) is 14.8. The van der Waals surface area contributed by atoms with E-state index in [2.05, 4.69) is 5.10 Å². The summed E-state index contributed by atoms with van der Waals surface area (Å²) in [6.45, 7) is 0.801. The smallest absolute Gasteiger partial charge is 0.290 e. The van der Waals surface area contributed by atoms with Gasteiger partial charge in [-0.3, -0.25) is 9.48 Å². The molecule has 4 heterocycles. The van der Waals surface area contributed by atoms with Crippen LogP contribution in [0.25, 0.3) is 0 Å². The molecule has 2 aliphatic heterocycles. The minimum absolute atomic E-state index is 0.144. The molecule has 0 N–H and O–H groups in total. The first-order valence-electron chi connectivity index (χ1n) is 8.47. The summed E-state index contributed by atoms with van der Waals surface area (Å²) in [6, 6.07) is 9.03. The van der Waals surface area contributed by atoms with Gasteiger partial charge in [0.15, 0.2) is 17.3 Å². The van der Waals surface area contributed by atoms with Crippen molar-refractivity contribution in [1.82, 2.24) is 14.7 Å². The lowest BCUT2D eigenvalue weighted by molar-refractivity contribution is 0.0658. The topological polar surface area (TPSA) is 69.7 Å². The van der Waals surface area contributed by atoms with E-state index in [4.69, 9.17) is 13.9 Å². The minimum Gasteiger partial charge on any atom is -0.459 e. The zero-order valence-electron chi connectivity index (χ0n) is 14.2. The van der Waals surface area contributed by atoms with E-state index in [1.807, 2.05) is 36.3 Å². The van der Waals surface area contributed by atoms with E-state index < -0.39 is 0 Å². The lowest BCUT2D eigenvalue weighted by Gasteiger charge is -2.36. The second kappa shape index (κ2) is 5.66. The van der Waals surface area contributed by atoms with Gasteiger partial charge in [-0.15, -0.1) is 0 Å². The Morgan fingerprint density at radius 2 is 2.08 bits per heavy atom. The Morgan fingerprint density at radius 3 is 2.81 bits per heavy atom. The number of furan rings is 1. The number of benzene rings is 1. The second-order valence-corrected chi connectivity index (χ2v) is 6.45. The van der Waals surface area contributed by atoms with Gasteiger partial charge in [-0.25, -0.2) is 0 Å². The van der Waals surface area contributed by atoms with Crippen LogP contribution in [0.15, 0.2) is 47.2 Å². The van der Waals surface area contributed by atoms with Gasteiger partial charge in [0, 0.05) is 19.8 Å². The SMILES string of the molecule is Cn1ccc(C2c3cc4c(cc3CCN2C(=O)c2ccco2)OCO4)n1. The lowest BCUT2D eigenvalue weighted by Crippen LogP contribution is -2.40. The molecule has 0 saturated carbocycles. The fourth-order valence-corrected chi connectivity index (χ4v) is 3.67. The number of nitrogens with zero attached hydrogens (tertiary/aromatic N) is 3. The van der Waals surface area contributed by atoms with Gasteiger partial charge in [0.25, 0.3) is 5.91 Å². The number of fused-ring (bicyclic) bond motifs is 2. The molecule has 0 fully saturated rings. The van der Waals surface area contributed by atoms with Crippen molar-refractivity contribution in [3.63, 3.8) is 0 Å². The summed E-state index contributed by atoms with van der Waals surface area (Å²) in [5.74, 6) is 1.65. The summed E-state index contributed by atoms with van der Waals surface area (Å²) in [6.07, 6.45) is 4.13. The number of carbonyl (C=O) groups is 1. The van der Waals surface area contributed by atoms with Crippen molar-refractivity contribution < 1.29 is 18.7 Å². The lowest BCUT2D eigenvalue weighted by atomic mass is 9.90. The summed E-state index contributed by atoms with van der Waals surface area (Å²) >= 11 is 0. The number of carbonyl (C=O) groups excluding carboxylic acids is 1. The monoisotopic (exact) mass is 351 g/mol. The first-order valence-corrected chi connectivity index (χ1v) is 8.47. The Morgan fingerprint density at radius 1 is 1.23 bits per heavy atom. The van der Waals surface area contributed by atoms with Crippen LogP contribution in [-0.4, -0.2) is 33.9 Å². The first kappa shape index (κ1) is 15.1. The van der Waals surface area contributed by atoms with Crippen LogP contribution in [0.3, 0.4) is 0 Å². The maximum atomic E-state index is 13.0. The Bertz CT molecular complexity index is 977. The molecule has 5 rings (SSSR count). The molecule has 1 amide bonds. The predicted octanol–water partition coefficient (Wildman–Crippen LogP) is 2.53. The Labute approximate surface area is 149 Å². The number of amides is 1. The van der Waals surface area contributed by atoms with Gasteiger partial charge in [0.2, 0.25) is 6.79 Å². The highest BCUT2D eigenvalue weighted by Crippen LogP contribution is 2.42. The summed E-state index contributed by atoms with van der Waals surface area (Å²) in [7, 11) is 1.87. The van der Waals surface area contributed by atoms with Gasteiger partial charge in [-0.05, 0) is 47.9 Å². The van der Waals surface area contributed by atoms with Crippen molar-refractivity contribution in [3.8, 4) is 11.5 Å². The number of hydrogen-bond donors (Lipinski definition) is 0. The minimum atomic E-state index is -0.299. The van der Waals surface area contributed by atoms with Crippen LogP contribution < -0.4 is 9.47 Å². The molecule has 7 nitrogen and oxygen atoms in total. The van der Waals surface area contributed by atoms with Gasteiger partial charge >= 0.3 is 0 Å². The normalized spacial score (nSPS) is 18.0. The number of rotatable bonds is 2. The van der Waals surface area contributed by atoms with Crippen molar-refractivity contribution in [2.75, 3.05) is 13.3 Å². The van der Waals surface area contributed by atoms with Gasteiger partial charge < -0.3 is 18.8 Å². The van der Waals surface area contributed by atoms with Crippen LogP contribution in [0.5, 0.6) is 11.5 Å². The van der Waals surface area contributed by atoms with Crippen LogP contribution in [-0.2, 0) is 13.5 Å². The predicted molar refractivity (Wildman–Crippen MR) is 91.1 cm³/mol. The molecule has 7 heteroatoms. The number of ether oxygens (including phenoxy) is 2. The van der Waals surface area contributed by atoms with E-state index in [0.717, 1.165) is 29.0 Å². The summed E-state index contributed by atoms with van der Waals surface area (Å²) < 4.78 is 18.1. The molecular weight excluding hydrogens is 334 g/mol. The highest BCUT2D eigenvalue weighted by molar-refractivity contribution is 5.92. The molecule has 1 aromatic carbocycles. The van der Waals surface area contributed by atoms with E-state index in [9.17, 15) is 4.79 Å². The first-order chi connectivity index (χ1) is 12.7. The van der Waals surface area contributed by atoms with Gasteiger partial charge in [0.05, 0.1) is 12.0 Å². The molecular formula is C19H17N3O4. The molecule has 0 bridgehead atoms. The third-order valence-electron chi connectivity index (χ3n) is 4.87. The molecule has 0 saturated heterocycles. The van der Waals surface area contributed by atoms with E-state index in [1.54, 1.807) is 16.8 Å². The van der Waals surface area contributed by atoms with Crippen molar-refractivity contribution in [2.45, 2.75) is 12.5 Å². The maximum absolute atomic E-state index is 13.0. The van der Waals surface area contributed by atoms with Crippen molar-refractivity contribution >= 4 is 5.91 Å². The third-order valence-corrected chi connectivity index (χ3v) is 4.87. The zero-order chi connectivity index (χ0) is 17.7. The molecule has 0 spiro atoms. The standard InChI is InChI=1S/C19H17N3O4/c1-21-6-5-14(20-21)18-13-10-17-16(25-11-26-17)9-12(13)4-7-22(18)19(23)15-3-2-8-24-15/h2-3,5-6,8-10,18H,4,7,11H2,1H3. The average molecular weight is 351 g/mol. The van der Waals surface area contributed by atoms with E-state index >= 15 is 0 Å². The molecule has 1 atom stereocenters. The van der Waals surface area contributed by atoms with Crippen molar-refractivity contribution in [3.05, 3.63) is 65.4 Å². The van der Waals surface area contributed by atoms with E-state index in [-0.39, 0.29) is 18.7 Å². The number of aryl methyl sites for hydroxylation is 1. The largest absolute Gasteiger partial charge is 0.459 e. The average Bonchev–Trinajstić information content (AvgIpc) is 3.39. The molecule has 1 unspecified atom stereocenters. The molecule has 132 valence electrons. The number of hydrogen-bond acceptors (Lipinski definition) is 5. The van der Waals surface area contributed by atoms with Crippen LogP contribution in [0.1, 0.15) is 33.4 Å². The Hall–Kier alpha value is -3.22. The van der Waals surface area contributed by atoms with Crippen molar-refractivity contribution in [1.29, 1.82) is 0 Å². The van der Waals surface area contributed by atoms with Crippen molar-refractivity contribution in [2.24, 2.45) is 7.05 Å². The third kappa shape index (κ3) is 2.28. The molecule has 2 aliphatic rings. The van der Waals surface area contributed by atoms with Crippen LogP contribution in [0.4, 0.5) is 0 Å². The fourth-order valence-electron chi connectivity index (χ4n) is 3.67. The molecule has 2 aromatic heterocycles. The fraction of sp³-hybridized carbons (Fsp3) is 0.263.